The van der Waals surface area contributed by atoms with E-state index in [4.69, 9.17) is 5.63 Å². The summed E-state index contributed by atoms with van der Waals surface area (Å²) in [7, 11) is 0. The third-order valence-electron chi connectivity index (χ3n) is 0. The molecule has 2 nitrogen and oxygen atoms in total. The van der Waals surface area contributed by atoms with Gasteiger partial charge in [-0.2, -0.15) is 0 Å². The van der Waals surface area contributed by atoms with Gasteiger partial charge in [-0.1, -0.05) is 0 Å². The molecule has 0 saturated carbocycles. The number of hydrogen-bond acceptors (Lipinski definition) is 2. The van der Waals surface area contributed by atoms with Crippen LogP contribution < -0.4 is 0 Å². The Morgan fingerprint density at radius 2 is 1.20 bits per heavy atom. The van der Waals surface area contributed by atoms with Crippen molar-refractivity contribution in [1.82, 2.24) is 0 Å². The maximum absolute atomic E-state index is 8.54. The minimum absolute atomic E-state index is 0. The Morgan fingerprint density at radius 1 is 1.20 bits per heavy atom. The van der Waals surface area contributed by atoms with E-state index >= 15 is 0 Å². The van der Waals surface area contributed by atoms with E-state index in [1.54, 1.807) is 0 Å². The van der Waals surface area contributed by atoms with Gasteiger partial charge in [-0.05, 0) is 0 Å². The van der Waals surface area contributed by atoms with Gasteiger partial charge in [-0.15, -0.1) is 0 Å². The Kier molecular flexibility index (Phi) is 54.3. The van der Waals surface area contributed by atoms with Gasteiger partial charge >= 0.3 is 28.9 Å². The summed E-state index contributed by atoms with van der Waals surface area (Å²) >= 11 is -2.27. The Labute approximate surface area is 68.2 Å². The van der Waals surface area contributed by atoms with Gasteiger partial charge in [0.2, 0.25) is 0 Å². The standard InChI is InChI=1S/Mg.Mn.2O.Zr. The molecule has 5 heteroatoms. The van der Waals surface area contributed by atoms with Crippen LogP contribution in [0.5, 0.6) is 0 Å². The molecule has 0 aliphatic rings. The first kappa shape index (κ1) is 15.9. The van der Waals surface area contributed by atoms with Crippen LogP contribution in [0.25, 0.3) is 0 Å². The van der Waals surface area contributed by atoms with Crippen LogP contribution in [0.1, 0.15) is 0 Å². The predicted molar refractivity (Wildman–Crippen MR) is 7.13 cm³/mol. The van der Waals surface area contributed by atoms with E-state index in [1.165, 1.54) is 0 Å². The van der Waals surface area contributed by atoms with Crippen molar-refractivity contribution in [1.29, 1.82) is 0 Å². The Bertz CT molecular complexity index is 30.6. The zero-order valence-electron chi connectivity index (χ0n) is 2.40. The van der Waals surface area contributed by atoms with Gasteiger partial charge in [0, 0.05) is 40.1 Å². The van der Waals surface area contributed by atoms with Gasteiger partial charge in [0.25, 0.3) is 0 Å². The first-order valence-electron chi connectivity index (χ1n) is 0.408. The summed E-state index contributed by atoms with van der Waals surface area (Å²) in [6, 6.07) is 0. The van der Waals surface area contributed by atoms with Crippen LogP contribution in [-0.4, -0.2) is 23.1 Å². The summed E-state index contributed by atoms with van der Waals surface area (Å²) in [5, 5.41) is 0. The second-order valence-electron chi connectivity index (χ2n) is 0.0833. The van der Waals surface area contributed by atoms with Crippen molar-refractivity contribution in [3.05, 3.63) is 0 Å². The maximum atomic E-state index is 8.54. The van der Waals surface area contributed by atoms with Gasteiger partial charge in [0.1, 0.15) is 0 Å². The van der Waals surface area contributed by atoms with Crippen LogP contribution in [0.2, 0.25) is 0 Å². The zero-order valence-corrected chi connectivity index (χ0v) is 7.45. The quantitative estimate of drug-likeness (QED) is 0.491. The molecule has 0 aromatic heterocycles. The van der Waals surface area contributed by atoms with Crippen molar-refractivity contribution in [3.63, 3.8) is 0 Å². The second-order valence-corrected chi connectivity index (χ2v) is 0.493. The number of rotatable bonds is 0. The van der Waals surface area contributed by atoms with Crippen LogP contribution in [0.4, 0.5) is 0 Å². The SMILES string of the molecule is [Mg].[Mn].[O]=[Zr]=[O]. The zero-order chi connectivity index (χ0) is 2.71. The van der Waals surface area contributed by atoms with E-state index in [-0.39, 0.29) is 40.1 Å². The van der Waals surface area contributed by atoms with E-state index < -0.39 is 23.2 Å². The van der Waals surface area contributed by atoms with Crippen molar-refractivity contribution in [2.45, 2.75) is 0 Å². The molecule has 0 fully saturated rings. The van der Waals surface area contributed by atoms with Crippen LogP contribution in [0.15, 0.2) is 0 Å². The third-order valence-corrected chi connectivity index (χ3v) is 0. The molecule has 0 N–H and O–H groups in total. The van der Waals surface area contributed by atoms with Crippen molar-refractivity contribution < 1.29 is 45.9 Å². The predicted octanol–water partition coefficient (Wildman–Crippen LogP) is -0.623. The molecule has 0 aliphatic heterocycles. The molecule has 0 atom stereocenters. The number of hydrogen-bond donors (Lipinski definition) is 0. The van der Waals surface area contributed by atoms with Crippen molar-refractivity contribution in [2.24, 2.45) is 0 Å². The van der Waals surface area contributed by atoms with Crippen molar-refractivity contribution in [2.75, 3.05) is 0 Å². The average molecular weight is 202 g/mol. The molecule has 0 amide bonds. The van der Waals surface area contributed by atoms with Gasteiger partial charge in [0.15, 0.2) is 0 Å². The van der Waals surface area contributed by atoms with Gasteiger partial charge in [-0.25, -0.2) is 0 Å². The van der Waals surface area contributed by atoms with Gasteiger partial charge in [0.05, 0.1) is 0 Å². The fourth-order valence-corrected chi connectivity index (χ4v) is 0. The fourth-order valence-electron chi connectivity index (χ4n) is 0. The summed E-state index contributed by atoms with van der Waals surface area (Å²) in [5.74, 6) is 0. The first-order chi connectivity index (χ1) is 1.41. The fraction of sp³-hybridized carbons (Fsp3) is 0. The molecule has 0 spiro atoms. The molecule has 5 heavy (non-hydrogen) atoms. The van der Waals surface area contributed by atoms with E-state index in [9.17, 15) is 0 Å². The molecule has 0 rings (SSSR count). The molecule has 0 aromatic rings. The normalized spacial score (nSPS) is 1.60. The topological polar surface area (TPSA) is 34.1 Å². The van der Waals surface area contributed by atoms with Crippen LogP contribution in [0.3, 0.4) is 0 Å². The molecular formula is MgMnO2Zr. The summed E-state index contributed by atoms with van der Waals surface area (Å²) in [6.45, 7) is 0. The minimum atomic E-state index is -2.27. The molecule has 0 aromatic carbocycles. The van der Waals surface area contributed by atoms with Crippen LogP contribution >= 0.6 is 0 Å². The summed E-state index contributed by atoms with van der Waals surface area (Å²) < 4.78 is 17.1. The molecule has 0 heterocycles. The Balaban J connectivity index is -0.0000000200. The summed E-state index contributed by atoms with van der Waals surface area (Å²) in [6.07, 6.45) is 0. The van der Waals surface area contributed by atoms with E-state index in [0.717, 1.165) is 0 Å². The molecule has 0 unspecified atom stereocenters. The van der Waals surface area contributed by atoms with Crippen LogP contribution in [-0.2, 0) is 45.9 Å². The molecule has 0 aliphatic carbocycles. The second kappa shape index (κ2) is 17.1. The third kappa shape index (κ3) is 26.2. The van der Waals surface area contributed by atoms with E-state index in [2.05, 4.69) is 0 Å². The van der Waals surface area contributed by atoms with E-state index in [0.29, 0.717) is 0 Å². The molecule has 3 radical (unpaired) electrons. The van der Waals surface area contributed by atoms with Crippen molar-refractivity contribution in [3.8, 4) is 0 Å². The Morgan fingerprint density at radius 3 is 1.20 bits per heavy atom. The van der Waals surface area contributed by atoms with Gasteiger partial charge < -0.3 is 0 Å². The summed E-state index contributed by atoms with van der Waals surface area (Å²) in [5.41, 5.74) is 0. The monoisotopic (exact) mass is 201 g/mol. The first-order valence-corrected chi connectivity index (χ1v) is 2.42. The molecule has 0 bridgehead atoms. The van der Waals surface area contributed by atoms with Crippen molar-refractivity contribution >= 4 is 23.1 Å². The Hall–Kier alpha value is 1.77. The van der Waals surface area contributed by atoms with Gasteiger partial charge in [-0.3, -0.25) is 0 Å². The van der Waals surface area contributed by atoms with Crippen LogP contribution in [0, 0.1) is 0 Å². The average Bonchev–Trinajstić information content (AvgIpc) is 0.918. The molecule has 0 saturated heterocycles. The summed E-state index contributed by atoms with van der Waals surface area (Å²) in [4.78, 5) is 0. The molecule has 25 valence electrons. The van der Waals surface area contributed by atoms with E-state index in [1.807, 2.05) is 0 Å². The molecular weight excluding hydrogens is 202 g/mol.